The number of hydrogen-bond acceptors (Lipinski definition) is 9. The quantitative estimate of drug-likeness (QED) is 0.304. The van der Waals surface area contributed by atoms with Gasteiger partial charge in [0, 0.05) is 85.5 Å². The molecule has 0 bridgehead atoms. The molecule has 0 atom stereocenters. The Kier molecular flexibility index (Phi) is 7.57. The van der Waals surface area contributed by atoms with E-state index in [9.17, 15) is 0 Å². The zero-order chi connectivity index (χ0) is 23.2. The van der Waals surface area contributed by atoms with Crippen LogP contribution in [0.1, 0.15) is 11.1 Å². The molecule has 0 saturated heterocycles. The molecule has 0 aliphatic heterocycles. The van der Waals surface area contributed by atoms with E-state index in [-0.39, 0.29) is 0 Å². The number of nitrogens with two attached hydrogens (primary N) is 2. The first-order valence-corrected chi connectivity index (χ1v) is 11.8. The van der Waals surface area contributed by atoms with Crippen LogP contribution in [0.3, 0.4) is 0 Å². The molecule has 174 valence electrons. The minimum Gasteiger partial charge on any atom is -0.329 e. The molecule has 10 nitrogen and oxygen atoms in total. The van der Waals surface area contributed by atoms with Crippen molar-refractivity contribution >= 4 is 11.3 Å². The molecule has 0 aromatic carbocycles. The Morgan fingerprint density at radius 2 is 1.67 bits per heavy atom. The molecule has 0 radical (unpaired) electrons. The smallest absolute Gasteiger partial charge is 0.250 e. The monoisotopic (exact) mass is 466 g/mol. The summed E-state index contributed by atoms with van der Waals surface area (Å²) in [5, 5.41) is 16.2. The van der Waals surface area contributed by atoms with Gasteiger partial charge in [0.1, 0.15) is 0 Å². The molecule has 33 heavy (non-hydrogen) atoms. The van der Waals surface area contributed by atoms with Gasteiger partial charge < -0.3 is 21.3 Å². The lowest BCUT2D eigenvalue weighted by Crippen LogP contribution is -2.25. The van der Waals surface area contributed by atoms with Gasteiger partial charge in [-0.05, 0) is 25.5 Å². The fourth-order valence-corrected chi connectivity index (χ4v) is 4.34. The summed E-state index contributed by atoms with van der Waals surface area (Å²) in [6.07, 6.45) is 7.43. The Bertz CT molecular complexity index is 1130. The van der Waals surface area contributed by atoms with E-state index in [0.717, 1.165) is 59.8 Å². The molecule has 0 aliphatic carbocycles. The van der Waals surface area contributed by atoms with Crippen LogP contribution in [0.25, 0.3) is 28.5 Å². The van der Waals surface area contributed by atoms with Crippen molar-refractivity contribution in [1.29, 1.82) is 0 Å². The van der Waals surface area contributed by atoms with Crippen molar-refractivity contribution in [1.82, 2.24) is 39.7 Å². The first-order valence-electron chi connectivity index (χ1n) is 10.8. The molecule has 0 aliphatic rings. The standard InChI is InChI=1S/C22H30N10S/c1-30(6-4-23)12-18-11-27-28-20(18)17-9-25-22(26-10-17)32-14-19(13-31(2)7-5-24)21(29-32)16-3-8-33-15-16/h3,8-11,14-15H,4-7,12-13,23-24H2,1-2H3,(H,27,28). The van der Waals surface area contributed by atoms with Crippen LogP contribution in [-0.4, -0.2) is 80.0 Å². The van der Waals surface area contributed by atoms with Gasteiger partial charge in [0.05, 0.1) is 17.6 Å². The third-order valence-corrected chi connectivity index (χ3v) is 6.02. The summed E-state index contributed by atoms with van der Waals surface area (Å²) in [7, 11) is 4.09. The van der Waals surface area contributed by atoms with Crippen LogP contribution in [0.5, 0.6) is 0 Å². The molecular weight excluding hydrogens is 436 g/mol. The lowest BCUT2D eigenvalue weighted by Gasteiger charge is -2.15. The van der Waals surface area contributed by atoms with Crippen LogP contribution >= 0.6 is 11.3 Å². The average molecular weight is 467 g/mol. The van der Waals surface area contributed by atoms with Gasteiger partial charge in [-0.2, -0.15) is 21.5 Å². The number of aromatic nitrogens is 6. The highest BCUT2D eigenvalue weighted by Crippen LogP contribution is 2.26. The van der Waals surface area contributed by atoms with Crippen molar-refractivity contribution in [3.63, 3.8) is 0 Å². The first-order chi connectivity index (χ1) is 16.1. The minimum atomic E-state index is 0.518. The average Bonchev–Trinajstić information content (AvgIpc) is 3.55. The third kappa shape index (κ3) is 5.52. The normalized spacial score (nSPS) is 11.7. The van der Waals surface area contributed by atoms with Crippen LogP contribution in [0, 0.1) is 0 Å². The molecule has 4 aromatic rings. The highest BCUT2D eigenvalue weighted by molar-refractivity contribution is 7.08. The summed E-state index contributed by atoms with van der Waals surface area (Å²) in [6, 6.07) is 2.08. The van der Waals surface area contributed by atoms with Crippen molar-refractivity contribution in [2.75, 3.05) is 40.3 Å². The SMILES string of the molecule is CN(CCN)Cc1cn(-c2ncc(-c3[nH]ncc3CN(C)CCN)cn2)nc1-c1ccsc1. The lowest BCUT2D eigenvalue weighted by atomic mass is 10.1. The molecule has 4 aromatic heterocycles. The maximum atomic E-state index is 5.72. The number of nitrogens with zero attached hydrogens (tertiary/aromatic N) is 7. The Labute approximate surface area is 197 Å². The van der Waals surface area contributed by atoms with E-state index < -0.39 is 0 Å². The van der Waals surface area contributed by atoms with Gasteiger partial charge in [-0.15, -0.1) is 0 Å². The fourth-order valence-electron chi connectivity index (χ4n) is 3.70. The third-order valence-electron chi connectivity index (χ3n) is 5.34. The predicted octanol–water partition coefficient (Wildman–Crippen LogP) is 1.56. The molecule has 0 amide bonds. The Hall–Kier alpha value is -2.96. The van der Waals surface area contributed by atoms with E-state index in [1.807, 2.05) is 19.4 Å². The Morgan fingerprint density at radius 1 is 0.970 bits per heavy atom. The fraction of sp³-hybridized carbons (Fsp3) is 0.364. The lowest BCUT2D eigenvalue weighted by molar-refractivity contribution is 0.336. The summed E-state index contributed by atoms with van der Waals surface area (Å²) in [6.45, 7) is 4.34. The molecule has 4 heterocycles. The van der Waals surface area contributed by atoms with E-state index in [0.29, 0.717) is 19.0 Å². The Morgan fingerprint density at radius 3 is 2.30 bits per heavy atom. The minimum absolute atomic E-state index is 0.518. The molecule has 0 saturated carbocycles. The summed E-state index contributed by atoms with van der Waals surface area (Å²) < 4.78 is 1.74. The second-order valence-electron chi connectivity index (χ2n) is 8.05. The van der Waals surface area contributed by atoms with Gasteiger partial charge >= 0.3 is 0 Å². The van der Waals surface area contributed by atoms with E-state index in [1.165, 1.54) is 0 Å². The van der Waals surface area contributed by atoms with E-state index >= 15 is 0 Å². The number of likely N-dealkylation sites (N-methyl/N-ethyl adjacent to an activating group) is 2. The molecular formula is C22H30N10S. The topological polar surface area (TPSA) is 131 Å². The summed E-state index contributed by atoms with van der Waals surface area (Å²) in [4.78, 5) is 13.5. The summed E-state index contributed by atoms with van der Waals surface area (Å²) in [5.41, 5.74) is 17.4. The highest BCUT2D eigenvalue weighted by Gasteiger charge is 2.16. The maximum absolute atomic E-state index is 5.72. The molecule has 4 rings (SSSR count). The second kappa shape index (κ2) is 10.8. The van der Waals surface area contributed by atoms with Gasteiger partial charge in [0.2, 0.25) is 5.95 Å². The van der Waals surface area contributed by atoms with Crippen molar-refractivity contribution in [3.05, 3.63) is 52.7 Å². The second-order valence-corrected chi connectivity index (χ2v) is 8.83. The van der Waals surface area contributed by atoms with Gasteiger partial charge in [0.15, 0.2) is 0 Å². The zero-order valence-corrected chi connectivity index (χ0v) is 19.8. The van der Waals surface area contributed by atoms with E-state index in [1.54, 1.807) is 28.4 Å². The van der Waals surface area contributed by atoms with Gasteiger partial charge in [0.25, 0.3) is 0 Å². The van der Waals surface area contributed by atoms with Crippen LogP contribution in [0.15, 0.2) is 41.6 Å². The molecule has 5 N–H and O–H groups in total. The zero-order valence-electron chi connectivity index (χ0n) is 19.0. The van der Waals surface area contributed by atoms with Gasteiger partial charge in [-0.25, -0.2) is 14.6 Å². The first kappa shape index (κ1) is 23.2. The molecule has 0 spiro atoms. The van der Waals surface area contributed by atoms with Crippen LogP contribution in [-0.2, 0) is 13.1 Å². The van der Waals surface area contributed by atoms with Crippen LogP contribution in [0.4, 0.5) is 0 Å². The summed E-state index contributed by atoms with van der Waals surface area (Å²) >= 11 is 1.65. The molecule has 11 heteroatoms. The predicted molar refractivity (Wildman–Crippen MR) is 131 cm³/mol. The molecule has 0 unspecified atom stereocenters. The van der Waals surface area contributed by atoms with Crippen molar-refractivity contribution in [2.24, 2.45) is 11.5 Å². The van der Waals surface area contributed by atoms with E-state index in [2.05, 4.69) is 53.8 Å². The van der Waals surface area contributed by atoms with Gasteiger partial charge in [-0.3, -0.25) is 5.10 Å². The number of H-pyrrole nitrogens is 1. The number of rotatable bonds is 11. The van der Waals surface area contributed by atoms with Gasteiger partial charge in [-0.1, -0.05) is 0 Å². The van der Waals surface area contributed by atoms with E-state index in [4.69, 9.17) is 16.6 Å². The number of thiophene rings is 1. The van der Waals surface area contributed by atoms with Crippen molar-refractivity contribution in [3.8, 4) is 28.5 Å². The van der Waals surface area contributed by atoms with Crippen molar-refractivity contribution in [2.45, 2.75) is 13.1 Å². The Balaban J connectivity index is 1.59. The largest absolute Gasteiger partial charge is 0.329 e. The highest BCUT2D eigenvalue weighted by atomic mass is 32.1. The number of aromatic amines is 1. The van der Waals surface area contributed by atoms with Crippen molar-refractivity contribution < 1.29 is 0 Å². The maximum Gasteiger partial charge on any atom is 0.250 e. The number of hydrogen-bond donors (Lipinski definition) is 3. The summed E-state index contributed by atoms with van der Waals surface area (Å²) in [5.74, 6) is 0.518. The number of nitrogens with one attached hydrogen (secondary N) is 1. The molecule has 0 fully saturated rings. The van der Waals surface area contributed by atoms with Crippen LogP contribution in [0.2, 0.25) is 0 Å². The van der Waals surface area contributed by atoms with Crippen LogP contribution < -0.4 is 11.5 Å².